The third kappa shape index (κ3) is 3.59. The predicted molar refractivity (Wildman–Crippen MR) is 95.9 cm³/mol. The van der Waals surface area contributed by atoms with Gasteiger partial charge in [-0.15, -0.1) is 10.2 Å². The molecule has 0 radical (unpaired) electrons. The number of piperidine rings is 1. The molecule has 0 spiro atoms. The number of likely N-dealkylation sites (N-methyl/N-ethyl adjacent to an activating group) is 1. The molecule has 1 aromatic rings. The number of fused-ring (bicyclic) bond motifs is 1. The lowest BCUT2D eigenvalue weighted by Crippen LogP contribution is -2.41. The highest BCUT2D eigenvalue weighted by Gasteiger charge is 2.34. The van der Waals surface area contributed by atoms with Crippen LogP contribution in [0.25, 0.3) is 0 Å². The quantitative estimate of drug-likeness (QED) is 0.845. The van der Waals surface area contributed by atoms with E-state index in [4.69, 9.17) is 0 Å². The van der Waals surface area contributed by atoms with Gasteiger partial charge in [-0.25, -0.2) is 0 Å². The van der Waals surface area contributed by atoms with Gasteiger partial charge in [0.1, 0.15) is 5.82 Å². The molecule has 1 amide bonds. The third-order valence-corrected chi connectivity index (χ3v) is 6.28. The normalized spacial score (nSPS) is 25.8. The van der Waals surface area contributed by atoms with E-state index in [0.717, 1.165) is 57.1 Å². The molecule has 0 aromatic carbocycles. The smallest absolute Gasteiger partial charge is 0.223 e. The number of carbonyl (C=O) groups is 1. The lowest BCUT2D eigenvalue weighted by molar-refractivity contribution is -0.136. The summed E-state index contributed by atoms with van der Waals surface area (Å²) in [4.78, 5) is 17.5. The molecule has 6 nitrogen and oxygen atoms in total. The molecule has 1 unspecified atom stereocenters. The van der Waals surface area contributed by atoms with Crippen LogP contribution in [-0.2, 0) is 17.9 Å². The Morgan fingerprint density at radius 2 is 1.80 bits per heavy atom. The van der Waals surface area contributed by atoms with Crippen LogP contribution in [0.1, 0.15) is 75.5 Å². The van der Waals surface area contributed by atoms with E-state index >= 15 is 0 Å². The zero-order valence-corrected chi connectivity index (χ0v) is 15.5. The second-order valence-electron chi connectivity index (χ2n) is 8.17. The van der Waals surface area contributed by atoms with E-state index in [1.54, 1.807) is 0 Å². The van der Waals surface area contributed by atoms with E-state index < -0.39 is 0 Å². The van der Waals surface area contributed by atoms with E-state index in [1.807, 2.05) is 0 Å². The summed E-state index contributed by atoms with van der Waals surface area (Å²) < 4.78 is 2.27. The summed E-state index contributed by atoms with van der Waals surface area (Å²) in [7, 11) is 2.12. The summed E-state index contributed by atoms with van der Waals surface area (Å²) in [6.45, 7) is 3.71. The second kappa shape index (κ2) is 7.44. The van der Waals surface area contributed by atoms with Crippen molar-refractivity contribution in [2.75, 3.05) is 20.1 Å². The second-order valence-corrected chi connectivity index (χ2v) is 8.17. The van der Waals surface area contributed by atoms with E-state index in [1.165, 1.54) is 38.5 Å². The van der Waals surface area contributed by atoms with Gasteiger partial charge in [0, 0.05) is 26.1 Å². The number of aromatic nitrogens is 3. The van der Waals surface area contributed by atoms with Gasteiger partial charge in [0.2, 0.25) is 5.91 Å². The molecule has 1 atom stereocenters. The Bertz CT molecular complexity index is 607. The van der Waals surface area contributed by atoms with Crippen molar-refractivity contribution >= 4 is 5.91 Å². The Kier molecular flexibility index (Phi) is 5.06. The van der Waals surface area contributed by atoms with Gasteiger partial charge in [-0.1, -0.05) is 19.3 Å². The van der Waals surface area contributed by atoms with Crippen LogP contribution in [0.4, 0.5) is 0 Å². The first-order valence-electron chi connectivity index (χ1n) is 10.1. The number of hydrogen-bond donors (Lipinski definition) is 0. The number of hydrogen-bond acceptors (Lipinski definition) is 4. The van der Waals surface area contributed by atoms with Crippen molar-refractivity contribution in [1.82, 2.24) is 24.6 Å². The SMILES string of the molecule is CN1CCn2c(nnc2C2CCCCN2C(=O)CC2CCCCC2)C1. The summed E-state index contributed by atoms with van der Waals surface area (Å²) in [6, 6.07) is 0.134. The first-order valence-corrected chi connectivity index (χ1v) is 10.1. The lowest BCUT2D eigenvalue weighted by Gasteiger charge is -2.37. The van der Waals surface area contributed by atoms with Crippen LogP contribution in [0, 0.1) is 5.92 Å². The van der Waals surface area contributed by atoms with Gasteiger partial charge < -0.3 is 9.47 Å². The van der Waals surface area contributed by atoms with Gasteiger partial charge in [-0.3, -0.25) is 9.69 Å². The highest BCUT2D eigenvalue weighted by molar-refractivity contribution is 5.77. The minimum Gasteiger partial charge on any atom is -0.332 e. The van der Waals surface area contributed by atoms with Crippen LogP contribution < -0.4 is 0 Å². The molecule has 4 rings (SSSR count). The van der Waals surface area contributed by atoms with Crippen LogP contribution in [0.5, 0.6) is 0 Å². The molecule has 3 aliphatic rings. The van der Waals surface area contributed by atoms with E-state index in [-0.39, 0.29) is 6.04 Å². The summed E-state index contributed by atoms with van der Waals surface area (Å²) in [5.74, 6) is 3.03. The molecule has 1 aromatic heterocycles. The van der Waals surface area contributed by atoms with Crippen molar-refractivity contribution in [3.8, 4) is 0 Å². The van der Waals surface area contributed by atoms with E-state index in [9.17, 15) is 4.79 Å². The molecular weight excluding hydrogens is 314 g/mol. The first-order chi connectivity index (χ1) is 12.2. The molecule has 6 heteroatoms. The van der Waals surface area contributed by atoms with Gasteiger partial charge in [0.15, 0.2) is 5.82 Å². The minimum absolute atomic E-state index is 0.134. The number of likely N-dealkylation sites (tertiary alicyclic amines) is 1. The van der Waals surface area contributed by atoms with Gasteiger partial charge in [-0.05, 0) is 45.1 Å². The Hall–Kier alpha value is -1.43. The van der Waals surface area contributed by atoms with E-state index in [0.29, 0.717) is 11.8 Å². The largest absolute Gasteiger partial charge is 0.332 e. The Morgan fingerprint density at radius 1 is 1.00 bits per heavy atom. The van der Waals surface area contributed by atoms with Crippen molar-refractivity contribution in [1.29, 1.82) is 0 Å². The van der Waals surface area contributed by atoms with Crippen LogP contribution in [0.3, 0.4) is 0 Å². The topological polar surface area (TPSA) is 54.3 Å². The fourth-order valence-electron chi connectivity index (χ4n) is 4.80. The van der Waals surface area contributed by atoms with Crippen LogP contribution in [0.15, 0.2) is 0 Å². The molecule has 138 valence electrons. The highest BCUT2D eigenvalue weighted by Crippen LogP contribution is 2.34. The van der Waals surface area contributed by atoms with Crippen molar-refractivity contribution < 1.29 is 4.79 Å². The Labute approximate surface area is 150 Å². The van der Waals surface area contributed by atoms with Gasteiger partial charge in [0.25, 0.3) is 0 Å². The Balaban J connectivity index is 1.50. The summed E-state index contributed by atoms with van der Waals surface area (Å²) in [5, 5.41) is 8.95. The van der Waals surface area contributed by atoms with Crippen LogP contribution in [-0.4, -0.2) is 50.6 Å². The zero-order chi connectivity index (χ0) is 17.2. The average Bonchev–Trinajstić information content (AvgIpc) is 3.05. The third-order valence-electron chi connectivity index (χ3n) is 6.28. The van der Waals surface area contributed by atoms with Crippen LogP contribution in [0.2, 0.25) is 0 Å². The van der Waals surface area contributed by atoms with Crippen molar-refractivity contribution in [3.05, 3.63) is 11.6 Å². The highest BCUT2D eigenvalue weighted by atomic mass is 16.2. The molecule has 0 bridgehead atoms. The van der Waals surface area contributed by atoms with Gasteiger partial charge in [-0.2, -0.15) is 0 Å². The zero-order valence-electron chi connectivity index (χ0n) is 15.5. The molecule has 1 aliphatic carbocycles. The molecule has 2 aliphatic heterocycles. The maximum atomic E-state index is 13.1. The summed E-state index contributed by atoms with van der Waals surface area (Å²) in [5.41, 5.74) is 0. The fourth-order valence-corrected chi connectivity index (χ4v) is 4.80. The molecular formula is C19H31N5O. The standard InChI is InChI=1S/C19H31N5O/c1-22-11-12-24-17(14-22)20-21-19(24)16-9-5-6-10-23(16)18(25)13-15-7-3-2-4-8-15/h15-16H,2-14H2,1H3. The maximum Gasteiger partial charge on any atom is 0.223 e. The fraction of sp³-hybridized carbons (Fsp3) is 0.842. The van der Waals surface area contributed by atoms with E-state index in [2.05, 4.69) is 31.6 Å². The van der Waals surface area contributed by atoms with Crippen LogP contribution >= 0.6 is 0 Å². The van der Waals surface area contributed by atoms with Crippen molar-refractivity contribution in [2.45, 2.75) is 76.9 Å². The molecule has 0 N–H and O–H groups in total. The molecule has 2 fully saturated rings. The molecule has 25 heavy (non-hydrogen) atoms. The number of rotatable bonds is 3. The number of amides is 1. The predicted octanol–water partition coefficient (Wildman–Crippen LogP) is 2.75. The van der Waals surface area contributed by atoms with Gasteiger partial charge in [0.05, 0.1) is 12.6 Å². The first kappa shape index (κ1) is 17.0. The monoisotopic (exact) mass is 345 g/mol. The number of nitrogens with zero attached hydrogens (tertiary/aromatic N) is 5. The summed E-state index contributed by atoms with van der Waals surface area (Å²) >= 11 is 0. The average molecular weight is 345 g/mol. The molecule has 3 heterocycles. The summed E-state index contributed by atoms with van der Waals surface area (Å²) in [6.07, 6.45) is 10.5. The Morgan fingerprint density at radius 3 is 2.64 bits per heavy atom. The molecule has 1 saturated heterocycles. The maximum absolute atomic E-state index is 13.1. The van der Waals surface area contributed by atoms with Crippen molar-refractivity contribution in [2.24, 2.45) is 5.92 Å². The number of carbonyl (C=O) groups excluding carboxylic acids is 1. The van der Waals surface area contributed by atoms with Crippen molar-refractivity contribution in [3.63, 3.8) is 0 Å². The lowest BCUT2D eigenvalue weighted by atomic mass is 9.86. The molecule has 1 saturated carbocycles. The minimum atomic E-state index is 0.134. The van der Waals surface area contributed by atoms with Gasteiger partial charge >= 0.3 is 0 Å².